The van der Waals surface area contributed by atoms with Crippen molar-refractivity contribution >= 4 is 17.2 Å². The van der Waals surface area contributed by atoms with Gasteiger partial charge in [-0.25, -0.2) is 14.5 Å². The Morgan fingerprint density at radius 3 is 3.18 bits per heavy atom. The van der Waals surface area contributed by atoms with Crippen molar-refractivity contribution in [3.05, 3.63) is 23.4 Å². The van der Waals surface area contributed by atoms with Crippen LogP contribution < -0.4 is 0 Å². The van der Waals surface area contributed by atoms with E-state index >= 15 is 0 Å². The van der Waals surface area contributed by atoms with E-state index < -0.39 is 0 Å². The molecule has 56 valence electrons. The third kappa shape index (κ3) is 1.05. The second-order valence-electron chi connectivity index (χ2n) is 2.17. The second-order valence-corrected chi connectivity index (χ2v) is 2.56. The number of hydrogen-bond acceptors (Lipinski definition) is 3. The molecule has 5 heteroatoms. The Labute approximate surface area is 67.8 Å². The normalized spacial score (nSPS) is 10.7. The van der Waals surface area contributed by atoms with Gasteiger partial charge in [-0.3, -0.25) is 0 Å². The first-order chi connectivity index (χ1) is 5.25. The van der Waals surface area contributed by atoms with Gasteiger partial charge >= 0.3 is 0 Å². The van der Waals surface area contributed by atoms with E-state index in [1.165, 1.54) is 0 Å². The Morgan fingerprint density at radius 1 is 1.55 bits per heavy atom. The lowest BCUT2D eigenvalue weighted by molar-refractivity contribution is 0.920. The third-order valence-corrected chi connectivity index (χ3v) is 1.49. The van der Waals surface area contributed by atoms with Gasteiger partial charge in [0.15, 0.2) is 5.65 Å². The molecular weight excluding hydrogens is 164 g/mol. The molecule has 0 saturated heterocycles. The van der Waals surface area contributed by atoms with Crippen LogP contribution in [-0.2, 0) is 0 Å². The lowest BCUT2D eigenvalue weighted by Gasteiger charge is -1.88. The second kappa shape index (κ2) is 2.17. The Kier molecular flexibility index (Phi) is 1.29. The first-order valence-corrected chi connectivity index (χ1v) is 3.48. The molecule has 0 atom stereocenters. The van der Waals surface area contributed by atoms with Gasteiger partial charge in [-0.05, 0) is 6.92 Å². The van der Waals surface area contributed by atoms with Crippen molar-refractivity contribution < 1.29 is 0 Å². The largest absolute Gasteiger partial charge is 0.239 e. The van der Waals surface area contributed by atoms with E-state index in [9.17, 15) is 0 Å². The highest BCUT2D eigenvalue weighted by atomic mass is 35.5. The Hall–Kier alpha value is -1.16. The van der Waals surface area contributed by atoms with Crippen molar-refractivity contribution in [1.82, 2.24) is 19.6 Å². The number of halogens is 1. The van der Waals surface area contributed by atoms with Crippen LogP contribution in [0.4, 0.5) is 0 Å². The minimum absolute atomic E-state index is 0.419. The molecule has 0 radical (unpaired) electrons. The fraction of sp³-hybridized carbons (Fsp3) is 0.167. The minimum Gasteiger partial charge on any atom is -0.239 e. The van der Waals surface area contributed by atoms with Crippen molar-refractivity contribution in [2.24, 2.45) is 0 Å². The number of fused-ring (bicyclic) bond motifs is 1. The van der Waals surface area contributed by atoms with Gasteiger partial charge in [0, 0.05) is 0 Å². The van der Waals surface area contributed by atoms with Gasteiger partial charge in [-0.15, -0.1) is 0 Å². The first-order valence-electron chi connectivity index (χ1n) is 3.10. The van der Waals surface area contributed by atoms with Gasteiger partial charge in [-0.2, -0.15) is 5.10 Å². The van der Waals surface area contributed by atoms with Crippen LogP contribution in [0.15, 0.2) is 12.4 Å². The summed E-state index contributed by atoms with van der Waals surface area (Å²) in [6.07, 6.45) is 3.21. The number of hydrogen-bond donors (Lipinski definition) is 0. The molecule has 0 unspecified atom stereocenters. The van der Waals surface area contributed by atoms with E-state index in [-0.39, 0.29) is 0 Å². The molecule has 2 aromatic rings. The van der Waals surface area contributed by atoms with Crippen LogP contribution in [0.5, 0.6) is 0 Å². The van der Waals surface area contributed by atoms with Gasteiger partial charge in [0.1, 0.15) is 11.0 Å². The van der Waals surface area contributed by atoms with Crippen molar-refractivity contribution in [3.63, 3.8) is 0 Å². The van der Waals surface area contributed by atoms with Crippen LogP contribution in [0.3, 0.4) is 0 Å². The predicted molar refractivity (Wildman–Crippen MR) is 40.5 cm³/mol. The molecule has 4 nitrogen and oxygen atoms in total. The quantitative estimate of drug-likeness (QED) is 0.592. The average molecular weight is 169 g/mol. The molecule has 0 bridgehead atoms. The zero-order valence-corrected chi connectivity index (χ0v) is 6.58. The van der Waals surface area contributed by atoms with Gasteiger partial charge in [0.05, 0.1) is 12.4 Å². The van der Waals surface area contributed by atoms with Gasteiger partial charge in [0.25, 0.3) is 0 Å². The van der Waals surface area contributed by atoms with Gasteiger partial charge < -0.3 is 0 Å². The summed E-state index contributed by atoms with van der Waals surface area (Å²) in [5.74, 6) is 0.717. The molecule has 2 heterocycles. The lowest BCUT2D eigenvalue weighted by Crippen LogP contribution is -1.87. The molecule has 0 aliphatic rings. The standard InChI is InChI=1S/C6H5ClN4/c1-4-9-6-2-8-5(7)3-11(6)10-4/h2-3H,1H3. The summed E-state index contributed by atoms with van der Waals surface area (Å²) >= 11 is 5.63. The zero-order chi connectivity index (χ0) is 7.84. The Morgan fingerprint density at radius 2 is 2.36 bits per heavy atom. The maximum atomic E-state index is 5.63. The van der Waals surface area contributed by atoms with E-state index in [1.807, 2.05) is 6.92 Å². The number of rotatable bonds is 0. The summed E-state index contributed by atoms with van der Waals surface area (Å²) in [5.41, 5.74) is 0.715. The average Bonchev–Trinajstić information content (AvgIpc) is 2.27. The van der Waals surface area contributed by atoms with E-state index in [2.05, 4.69) is 15.1 Å². The van der Waals surface area contributed by atoms with Crippen molar-refractivity contribution in [2.75, 3.05) is 0 Å². The van der Waals surface area contributed by atoms with Crippen LogP contribution in [0.1, 0.15) is 5.82 Å². The maximum absolute atomic E-state index is 5.63. The van der Waals surface area contributed by atoms with Crippen molar-refractivity contribution in [2.45, 2.75) is 6.92 Å². The molecule has 0 saturated carbocycles. The monoisotopic (exact) mass is 168 g/mol. The summed E-state index contributed by atoms with van der Waals surface area (Å²) in [4.78, 5) is 7.95. The molecular formula is C6H5ClN4. The highest BCUT2D eigenvalue weighted by Gasteiger charge is 1.98. The molecule has 0 aromatic carbocycles. The molecule has 0 fully saturated rings. The topological polar surface area (TPSA) is 43.1 Å². The maximum Gasteiger partial charge on any atom is 0.173 e. The van der Waals surface area contributed by atoms with Gasteiger partial charge in [-0.1, -0.05) is 11.6 Å². The van der Waals surface area contributed by atoms with Gasteiger partial charge in [0.2, 0.25) is 0 Å². The minimum atomic E-state index is 0.419. The van der Waals surface area contributed by atoms with E-state index in [1.54, 1.807) is 16.9 Å². The SMILES string of the molecule is Cc1nc2cnc(Cl)cn2n1. The zero-order valence-electron chi connectivity index (χ0n) is 5.82. The Bertz CT molecular complexity index is 394. The third-order valence-electron chi connectivity index (χ3n) is 1.30. The van der Waals surface area contributed by atoms with Crippen LogP contribution >= 0.6 is 11.6 Å². The van der Waals surface area contributed by atoms with E-state index in [0.29, 0.717) is 16.6 Å². The predicted octanol–water partition coefficient (Wildman–Crippen LogP) is 1.09. The molecule has 0 amide bonds. The van der Waals surface area contributed by atoms with Crippen LogP contribution in [0, 0.1) is 6.92 Å². The molecule has 0 N–H and O–H groups in total. The fourth-order valence-corrected chi connectivity index (χ4v) is 1.02. The summed E-state index contributed by atoms with van der Waals surface area (Å²) < 4.78 is 1.60. The number of nitrogens with zero attached hydrogens (tertiary/aromatic N) is 4. The summed E-state index contributed by atoms with van der Waals surface area (Å²) in [7, 11) is 0. The Balaban J connectivity index is 2.82. The molecule has 0 aliphatic carbocycles. The summed E-state index contributed by atoms with van der Waals surface area (Å²) in [6.45, 7) is 1.82. The van der Waals surface area contributed by atoms with E-state index in [0.717, 1.165) is 0 Å². The molecule has 11 heavy (non-hydrogen) atoms. The highest BCUT2D eigenvalue weighted by molar-refractivity contribution is 6.29. The van der Waals surface area contributed by atoms with Crippen molar-refractivity contribution in [3.8, 4) is 0 Å². The van der Waals surface area contributed by atoms with Crippen LogP contribution in [0.25, 0.3) is 5.65 Å². The number of aromatic nitrogens is 4. The molecule has 2 aromatic heterocycles. The first kappa shape index (κ1) is 6.54. The molecule has 0 aliphatic heterocycles. The van der Waals surface area contributed by atoms with Crippen molar-refractivity contribution in [1.29, 1.82) is 0 Å². The summed E-state index contributed by atoms with van der Waals surface area (Å²) in [6, 6.07) is 0. The lowest BCUT2D eigenvalue weighted by atomic mass is 10.7. The summed E-state index contributed by atoms with van der Waals surface area (Å²) in [5, 5.41) is 4.47. The highest BCUT2D eigenvalue weighted by Crippen LogP contribution is 2.04. The number of aryl methyl sites for hydroxylation is 1. The molecule has 2 rings (SSSR count). The van der Waals surface area contributed by atoms with Crippen LogP contribution in [0.2, 0.25) is 5.15 Å². The van der Waals surface area contributed by atoms with E-state index in [4.69, 9.17) is 11.6 Å². The molecule has 0 spiro atoms. The fourth-order valence-electron chi connectivity index (χ4n) is 0.883. The smallest absolute Gasteiger partial charge is 0.173 e. The van der Waals surface area contributed by atoms with Crippen LogP contribution in [-0.4, -0.2) is 19.6 Å².